The monoisotopic (exact) mass is 373 g/mol. The molecule has 0 fully saturated rings. The fraction of sp³-hybridized carbons (Fsp3) is 0.227. The van der Waals surface area contributed by atoms with Crippen molar-refractivity contribution in [3.05, 3.63) is 77.5 Å². The summed E-state index contributed by atoms with van der Waals surface area (Å²) in [5, 5.41) is 8.34. The largest absolute Gasteiger partial charge is 0.369 e. The van der Waals surface area contributed by atoms with Crippen molar-refractivity contribution in [2.75, 3.05) is 11.9 Å². The van der Waals surface area contributed by atoms with Crippen LogP contribution in [0.2, 0.25) is 0 Å². The van der Waals surface area contributed by atoms with Crippen LogP contribution in [0.3, 0.4) is 0 Å². The van der Waals surface area contributed by atoms with E-state index in [9.17, 15) is 4.39 Å². The van der Waals surface area contributed by atoms with Gasteiger partial charge in [0.2, 0.25) is 0 Å². The highest BCUT2D eigenvalue weighted by Crippen LogP contribution is 2.30. The Kier molecular flexibility index (Phi) is 4.24. The van der Waals surface area contributed by atoms with Gasteiger partial charge in [-0.3, -0.25) is 4.98 Å². The lowest BCUT2D eigenvalue weighted by Crippen LogP contribution is -2.13. The summed E-state index contributed by atoms with van der Waals surface area (Å²) in [5.41, 5.74) is 5.96. The molecule has 28 heavy (non-hydrogen) atoms. The molecule has 0 amide bonds. The summed E-state index contributed by atoms with van der Waals surface area (Å²) in [7, 11) is 0. The van der Waals surface area contributed by atoms with Gasteiger partial charge >= 0.3 is 0 Å². The lowest BCUT2D eigenvalue weighted by molar-refractivity contribution is 0.628. The van der Waals surface area contributed by atoms with E-state index < -0.39 is 0 Å². The number of benzene rings is 1. The molecule has 0 radical (unpaired) electrons. The number of aryl methyl sites for hydroxylation is 1. The van der Waals surface area contributed by atoms with Crippen molar-refractivity contribution in [2.24, 2.45) is 0 Å². The van der Waals surface area contributed by atoms with Crippen LogP contribution in [0.25, 0.3) is 16.9 Å². The lowest BCUT2D eigenvalue weighted by atomic mass is 10.1. The number of halogens is 1. The Morgan fingerprint density at radius 1 is 1.07 bits per heavy atom. The number of nitrogens with zero attached hydrogens (tertiary/aromatic N) is 4. The third-order valence-corrected chi connectivity index (χ3v) is 5.17. The summed E-state index contributed by atoms with van der Waals surface area (Å²) in [6, 6.07) is 14.4. The molecular weight excluding hydrogens is 353 g/mol. The van der Waals surface area contributed by atoms with Gasteiger partial charge in [0, 0.05) is 47.7 Å². The summed E-state index contributed by atoms with van der Waals surface area (Å²) in [4.78, 5) is 9.21. The van der Waals surface area contributed by atoms with Crippen LogP contribution in [-0.4, -0.2) is 26.1 Å². The second kappa shape index (κ2) is 7.03. The number of fused-ring (bicyclic) bond motifs is 2. The Bertz CT molecular complexity index is 1120. The highest BCUT2D eigenvalue weighted by atomic mass is 19.1. The predicted octanol–water partition coefficient (Wildman–Crippen LogP) is 4.07. The van der Waals surface area contributed by atoms with Crippen LogP contribution in [0.4, 0.5) is 10.2 Å². The molecule has 0 unspecified atom stereocenters. The molecule has 1 aliphatic carbocycles. The zero-order valence-electron chi connectivity index (χ0n) is 15.4. The van der Waals surface area contributed by atoms with Gasteiger partial charge in [0.05, 0.1) is 5.69 Å². The van der Waals surface area contributed by atoms with E-state index in [-0.39, 0.29) is 5.82 Å². The molecule has 6 heteroatoms. The summed E-state index contributed by atoms with van der Waals surface area (Å²) in [5.74, 6) is 0.767. The first-order valence-electron chi connectivity index (χ1n) is 9.59. The van der Waals surface area contributed by atoms with Gasteiger partial charge in [0.15, 0.2) is 5.65 Å². The van der Waals surface area contributed by atoms with Crippen LogP contribution < -0.4 is 5.32 Å². The minimum Gasteiger partial charge on any atom is -0.369 e. The van der Waals surface area contributed by atoms with Gasteiger partial charge in [-0.05, 0) is 55.7 Å². The van der Waals surface area contributed by atoms with Crippen molar-refractivity contribution < 1.29 is 4.39 Å². The average molecular weight is 373 g/mol. The van der Waals surface area contributed by atoms with Crippen molar-refractivity contribution in [3.63, 3.8) is 0 Å². The van der Waals surface area contributed by atoms with E-state index in [1.54, 1.807) is 12.1 Å². The Balaban J connectivity index is 1.50. The van der Waals surface area contributed by atoms with Crippen molar-refractivity contribution >= 4 is 11.5 Å². The van der Waals surface area contributed by atoms with Gasteiger partial charge in [0.1, 0.15) is 11.6 Å². The normalized spacial score (nSPS) is 13.0. The quantitative estimate of drug-likeness (QED) is 0.573. The highest BCUT2D eigenvalue weighted by molar-refractivity contribution is 5.67. The Labute approximate surface area is 162 Å². The van der Waals surface area contributed by atoms with Crippen molar-refractivity contribution in [1.29, 1.82) is 0 Å². The number of hydrogen-bond acceptors (Lipinski definition) is 4. The van der Waals surface area contributed by atoms with Gasteiger partial charge in [0.25, 0.3) is 0 Å². The number of aromatic nitrogens is 4. The summed E-state index contributed by atoms with van der Waals surface area (Å²) < 4.78 is 15.1. The third kappa shape index (κ3) is 3.11. The molecule has 0 spiro atoms. The maximum Gasteiger partial charge on any atom is 0.158 e. The molecule has 0 aliphatic heterocycles. The molecule has 5 rings (SSSR count). The van der Waals surface area contributed by atoms with Crippen LogP contribution in [0.5, 0.6) is 0 Å². The van der Waals surface area contributed by atoms with E-state index in [0.29, 0.717) is 0 Å². The average Bonchev–Trinajstić information content (AvgIpc) is 3.35. The van der Waals surface area contributed by atoms with Crippen LogP contribution in [-0.2, 0) is 19.3 Å². The smallest absolute Gasteiger partial charge is 0.158 e. The summed E-state index contributed by atoms with van der Waals surface area (Å²) in [6.45, 7) is 0.772. The molecule has 140 valence electrons. The first-order valence-corrected chi connectivity index (χ1v) is 9.59. The molecule has 1 N–H and O–H groups in total. The molecular formula is C22H20FN5. The molecule has 3 aromatic heterocycles. The van der Waals surface area contributed by atoms with Gasteiger partial charge in [-0.15, -0.1) is 0 Å². The van der Waals surface area contributed by atoms with E-state index in [0.717, 1.165) is 66.3 Å². The maximum absolute atomic E-state index is 13.3. The number of rotatable bonds is 5. The van der Waals surface area contributed by atoms with E-state index in [2.05, 4.69) is 10.3 Å². The minimum absolute atomic E-state index is 0.249. The summed E-state index contributed by atoms with van der Waals surface area (Å²) in [6.07, 6.45) is 5.79. The van der Waals surface area contributed by atoms with Gasteiger partial charge < -0.3 is 5.32 Å². The molecule has 1 aromatic carbocycles. The molecule has 3 heterocycles. The lowest BCUT2D eigenvalue weighted by Gasteiger charge is -2.13. The number of nitrogens with one attached hydrogen (secondary N) is 1. The van der Waals surface area contributed by atoms with Gasteiger partial charge in [-0.2, -0.15) is 9.61 Å². The zero-order chi connectivity index (χ0) is 18.9. The minimum atomic E-state index is -0.249. The number of pyridine rings is 1. The van der Waals surface area contributed by atoms with Crippen molar-refractivity contribution in [2.45, 2.75) is 25.7 Å². The second-order valence-corrected chi connectivity index (χ2v) is 7.04. The van der Waals surface area contributed by atoms with Gasteiger partial charge in [-0.1, -0.05) is 6.07 Å². The van der Waals surface area contributed by atoms with Crippen LogP contribution in [0, 0.1) is 5.82 Å². The molecule has 0 saturated heterocycles. The van der Waals surface area contributed by atoms with E-state index in [1.165, 1.54) is 17.7 Å². The number of anilines is 1. The Morgan fingerprint density at radius 2 is 1.96 bits per heavy atom. The highest BCUT2D eigenvalue weighted by Gasteiger charge is 2.21. The van der Waals surface area contributed by atoms with Crippen LogP contribution >= 0.6 is 0 Å². The fourth-order valence-electron chi connectivity index (χ4n) is 3.79. The van der Waals surface area contributed by atoms with E-state index >= 15 is 0 Å². The molecule has 0 bridgehead atoms. The third-order valence-electron chi connectivity index (χ3n) is 5.17. The molecule has 5 nitrogen and oxygen atoms in total. The Morgan fingerprint density at radius 3 is 2.79 bits per heavy atom. The molecule has 0 saturated carbocycles. The standard InChI is InChI=1S/C22H20FN5/c23-16-9-7-15(8-10-16)20-14-21-26-19-6-3-5-18(19)22(28(21)27-20)25-13-11-17-4-1-2-12-24-17/h1-2,4,7-10,12,14,25H,3,5-6,11,13H2. The van der Waals surface area contributed by atoms with Gasteiger partial charge in [-0.25, -0.2) is 9.37 Å². The molecule has 4 aromatic rings. The first-order chi connectivity index (χ1) is 13.8. The van der Waals surface area contributed by atoms with Crippen LogP contribution in [0.15, 0.2) is 54.7 Å². The fourth-order valence-corrected chi connectivity index (χ4v) is 3.79. The maximum atomic E-state index is 13.3. The summed E-state index contributed by atoms with van der Waals surface area (Å²) >= 11 is 0. The molecule has 1 aliphatic rings. The predicted molar refractivity (Wildman–Crippen MR) is 107 cm³/mol. The van der Waals surface area contributed by atoms with Crippen molar-refractivity contribution in [3.8, 4) is 11.3 Å². The molecule has 0 atom stereocenters. The Hall–Kier alpha value is -3.28. The topological polar surface area (TPSA) is 55.1 Å². The van der Waals surface area contributed by atoms with E-state index in [4.69, 9.17) is 10.1 Å². The van der Waals surface area contributed by atoms with Crippen molar-refractivity contribution in [1.82, 2.24) is 19.6 Å². The zero-order valence-corrected chi connectivity index (χ0v) is 15.4. The number of hydrogen-bond donors (Lipinski definition) is 1. The SMILES string of the molecule is Fc1ccc(-c2cc3nc4c(c(NCCc5ccccn5)n3n2)CCC4)cc1. The first kappa shape index (κ1) is 16.9. The van der Waals surface area contributed by atoms with Crippen LogP contribution in [0.1, 0.15) is 23.4 Å². The van der Waals surface area contributed by atoms with E-state index in [1.807, 2.05) is 35.0 Å². The second-order valence-electron chi connectivity index (χ2n) is 7.04.